The molecule has 1 aliphatic heterocycles. The summed E-state index contributed by atoms with van der Waals surface area (Å²) in [6.45, 7) is 3.92. The van der Waals surface area contributed by atoms with E-state index in [1.807, 2.05) is 0 Å². The van der Waals surface area contributed by atoms with Crippen molar-refractivity contribution in [2.75, 3.05) is 13.1 Å². The van der Waals surface area contributed by atoms with Crippen molar-refractivity contribution in [3.63, 3.8) is 0 Å². The molecule has 3 N–H and O–H groups in total. The van der Waals surface area contributed by atoms with Crippen LogP contribution in [0.25, 0.3) is 11.4 Å². The normalized spacial score (nSPS) is 19.4. The summed E-state index contributed by atoms with van der Waals surface area (Å²) in [5.74, 6) is -0.131. The fourth-order valence-electron chi connectivity index (χ4n) is 4.33. The van der Waals surface area contributed by atoms with E-state index in [-0.39, 0.29) is 53.6 Å². The Kier molecular flexibility index (Phi) is 5.34. The highest BCUT2D eigenvalue weighted by atomic mass is 32.5. The zero-order valence-electron chi connectivity index (χ0n) is 19.7. The fourth-order valence-corrected chi connectivity index (χ4v) is 4.98. The van der Waals surface area contributed by atoms with Crippen LogP contribution in [0, 0.1) is 5.41 Å². The number of carbonyl (C=O) groups is 1. The Balaban J connectivity index is 1.84. The van der Waals surface area contributed by atoms with E-state index in [9.17, 15) is 39.5 Å². The number of carboxylic acid groups (broad SMARTS) is 1. The lowest BCUT2D eigenvalue weighted by Gasteiger charge is -2.55. The number of aromatic nitrogens is 3. The van der Waals surface area contributed by atoms with E-state index in [1.165, 1.54) is 39.2 Å². The number of hydrogen-bond acceptors (Lipinski definition) is 7. The first-order valence-corrected chi connectivity index (χ1v) is 12.7. The van der Waals surface area contributed by atoms with Crippen molar-refractivity contribution in [2.45, 2.75) is 36.9 Å². The van der Waals surface area contributed by atoms with Crippen LogP contribution in [0.15, 0.2) is 52.1 Å². The van der Waals surface area contributed by atoms with Gasteiger partial charge in [0.05, 0.1) is 0 Å². The Morgan fingerprint density at radius 2 is 1.65 bits per heavy atom. The molecule has 1 fully saturated rings. The van der Waals surface area contributed by atoms with Gasteiger partial charge in [-0.2, -0.15) is 4.98 Å². The molecule has 0 unspecified atom stereocenters. The first kappa shape index (κ1) is 26.8. The molecular formula is C22H23F5N4O5S. The molecule has 1 atom stereocenters. The predicted octanol–water partition coefficient (Wildman–Crippen LogP) is 5.25. The van der Waals surface area contributed by atoms with Gasteiger partial charge in [-0.25, -0.2) is 4.79 Å². The van der Waals surface area contributed by atoms with E-state index in [1.54, 1.807) is 0 Å². The molecule has 202 valence electrons. The summed E-state index contributed by atoms with van der Waals surface area (Å²) >= 11 is 0. The Labute approximate surface area is 207 Å². The molecule has 37 heavy (non-hydrogen) atoms. The highest BCUT2D eigenvalue weighted by Crippen LogP contribution is 3.02. The van der Waals surface area contributed by atoms with Crippen LogP contribution in [0.1, 0.15) is 37.8 Å². The molecule has 0 aliphatic carbocycles. The number of benzene rings is 1. The van der Waals surface area contributed by atoms with Gasteiger partial charge < -0.3 is 24.7 Å². The van der Waals surface area contributed by atoms with Gasteiger partial charge in [-0.1, -0.05) is 43.6 Å². The van der Waals surface area contributed by atoms with Gasteiger partial charge in [-0.3, -0.25) is 4.98 Å². The molecule has 3 heterocycles. The lowest BCUT2D eigenvalue weighted by atomic mass is 9.62. The third-order valence-electron chi connectivity index (χ3n) is 6.30. The summed E-state index contributed by atoms with van der Waals surface area (Å²) in [7, 11) is -9.97. The second-order valence-electron chi connectivity index (χ2n) is 9.85. The molecule has 0 saturated carbocycles. The van der Waals surface area contributed by atoms with Gasteiger partial charge in [-0.15, -0.1) is 0 Å². The number of pyridine rings is 1. The molecule has 1 aromatic carbocycles. The fraction of sp³-hybridized carbons (Fsp3) is 0.364. The molecule has 15 heteroatoms. The van der Waals surface area contributed by atoms with E-state index < -0.39 is 37.8 Å². The summed E-state index contributed by atoms with van der Waals surface area (Å²) in [6.07, 6.45) is 1.26. The number of halogens is 5. The van der Waals surface area contributed by atoms with Gasteiger partial charge in [0, 0.05) is 42.0 Å². The van der Waals surface area contributed by atoms with Crippen molar-refractivity contribution in [3.8, 4) is 11.4 Å². The summed E-state index contributed by atoms with van der Waals surface area (Å²) in [6, 6.07) is 3.21. The van der Waals surface area contributed by atoms with Crippen molar-refractivity contribution in [3.05, 3.63) is 59.7 Å². The third kappa shape index (κ3) is 4.73. The van der Waals surface area contributed by atoms with Gasteiger partial charge in [0.25, 0.3) is 5.89 Å². The van der Waals surface area contributed by atoms with Crippen molar-refractivity contribution in [1.82, 2.24) is 20.0 Å². The SMILES string of the molecule is CC(C)(O)c1nc(-c2cncc([C@@](O)(c3ccc(S(F)(F)(F)(F)F)cc3)C3(C)CN(C(=O)O)C3)c2)no1. The maximum atomic E-state index is 13.3. The largest absolute Gasteiger partial charge is 0.465 e. The molecule has 3 aromatic rings. The van der Waals surface area contributed by atoms with Crippen LogP contribution in [-0.2, 0) is 11.2 Å². The van der Waals surface area contributed by atoms with Crippen LogP contribution in [0.2, 0.25) is 0 Å². The van der Waals surface area contributed by atoms with Crippen molar-refractivity contribution < 1.29 is 44.1 Å². The second kappa shape index (κ2) is 7.39. The van der Waals surface area contributed by atoms with Crippen molar-refractivity contribution in [2.24, 2.45) is 5.41 Å². The third-order valence-corrected chi connectivity index (χ3v) is 7.47. The Bertz CT molecular complexity index is 1370. The molecule has 4 rings (SSSR count). The van der Waals surface area contributed by atoms with E-state index in [0.717, 1.165) is 17.0 Å². The monoisotopic (exact) mass is 550 g/mol. The molecule has 2 aromatic heterocycles. The van der Waals surface area contributed by atoms with Gasteiger partial charge in [0.15, 0.2) is 0 Å². The average molecular weight is 551 g/mol. The summed E-state index contributed by atoms with van der Waals surface area (Å²) in [5.41, 5.74) is -4.86. The standard InChI is InChI=1S/C22H23F5N4O5S/c1-20(2,34)18-29-17(30-36-18)13-8-15(10-28-9-13)22(35,21(3)11-31(12-21)19(32)33)14-4-6-16(7-5-14)37(23,24,25,26)27/h4-10,34-35H,11-12H2,1-3H3,(H,32,33)/t22-/m0/s1. The highest BCUT2D eigenvalue weighted by molar-refractivity contribution is 8.45. The minimum absolute atomic E-state index is 0.0176. The summed E-state index contributed by atoms with van der Waals surface area (Å²) in [4.78, 5) is 18.4. The van der Waals surface area contributed by atoms with Crippen LogP contribution in [0.4, 0.5) is 24.2 Å². The maximum absolute atomic E-state index is 13.3. The van der Waals surface area contributed by atoms with Crippen LogP contribution >= 0.6 is 10.2 Å². The van der Waals surface area contributed by atoms with Crippen LogP contribution in [0.3, 0.4) is 0 Å². The molecule has 9 nitrogen and oxygen atoms in total. The van der Waals surface area contributed by atoms with Gasteiger partial charge in [0.2, 0.25) is 5.82 Å². The van der Waals surface area contributed by atoms with Crippen molar-refractivity contribution in [1.29, 1.82) is 0 Å². The number of amides is 1. The number of hydrogen-bond donors (Lipinski definition) is 3. The van der Waals surface area contributed by atoms with Crippen LogP contribution in [-0.4, -0.2) is 54.5 Å². The smallest absolute Gasteiger partial charge is 0.407 e. The quantitative estimate of drug-likeness (QED) is 0.355. The van der Waals surface area contributed by atoms with Gasteiger partial charge in [0.1, 0.15) is 16.1 Å². The van der Waals surface area contributed by atoms with Gasteiger partial charge >= 0.3 is 16.3 Å². The average Bonchev–Trinajstić information content (AvgIpc) is 3.26. The number of rotatable bonds is 6. The zero-order chi connectivity index (χ0) is 27.7. The van der Waals surface area contributed by atoms with Crippen LogP contribution < -0.4 is 0 Å². The first-order chi connectivity index (χ1) is 16.6. The lowest BCUT2D eigenvalue weighted by molar-refractivity contribution is -0.124. The maximum Gasteiger partial charge on any atom is 0.407 e. The predicted molar refractivity (Wildman–Crippen MR) is 121 cm³/mol. The molecule has 0 spiro atoms. The minimum Gasteiger partial charge on any atom is -0.465 e. The summed E-state index contributed by atoms with van der Waals surface area (Å²) < 4.78 is 71.5. The van der Waals surface area contributed by atoms with E-state index in [0.29, 0.717) is 0 Å². The minimum atomic E-state index is -9.97. The van der Waals surface area contributed by atoms with E-state index in [4.69, 9.17) is 4.52 Å². The van der Waals surface area contributed by atoms with E-state index >= 15 is 0 Å². The Hall–Kier alpha value is -3.30. The Morgan fingerprint density at radius 1 is 1.05 bits per heavy atom. The van der Waals surface area contributed by atoms with Crippen LogP contribution in [0.5, 0.6) is 0 Å². The topological polar surface area (TPSA) is 133 Å². The number of aliphatic hydroxyl groups is 2. The molecule has 0 radical (unpaired) electrons. The number of likely N-dealkylation sites (tertiary alicyclic amines) is 1. The Morgan fingerprint density at radius 3 is 2.14 bits per heavy atom. The molecular weight excluding hydrogens is 527 g/mol. The molecule has 1 saturated heterocycles. The summed E-state index contributed by atoms with van der Waals surface area (Å²) in [5, 5.41) is 35.2. The van der Waals surface area contributed by atoms with Crippen molar-refractivity contribution >= 4 is 16.3 Å². The molecule has 0 bridgehead atoms. The van der Waals surface area contributed by atoms with E-state index in [2.05, 4.69) is 15.1 Å². The lowest BCUT2D eigenvalue weighted by Crippen LogP contribution is -2.66. The molecule has 1 aliphatic rings. The second-order valence-corrected chi connectivity index (χ2v) is 12.3. The van der Waals surface area contributed by atoms with Gasteiger partial charge in [-0.05, 0) is 37.6 Å². The highest BCUT2D eigenvalue weighted by Gasteiger charge is 2.65. The number of nitrogens with zero attached hydrogens (tertiary/aromatic N) is 4. The first-order valence-electron chi connectivity index (χ1n) is 10.7. The zero-order valence-corrected chi connectivity index (χ0v) is 20.5. The molecule has 1 amide bonds.